The lowest BCUT2D eigenvalue weighted by Crippen LogP contribution is -2.00. The molecule has 0 unspecified atom stereocenters. The van der Waals surface area contributed by atoms with Crippen LogP contribution in [-0.4, -0.2) is 24.2 Å². The van der Waals surface area contributed by atoms with Gasteiger partial charge in [0.25, 0.3) is 0 Å². The monoisotopic (exact) mass is 413 g/mol. The second-order valence-corrected chi connectivity index (χ2v) is 6.80. The van der Waals surface area contributed by atoms with Crippen molar-refractivity contribution in [3.63, 3.8) is 0 Å². The maximum Gasteiger partial charge on any atom is 0.161 e. The first-order valence-electron chi connectivity index (χ1n) is 9.73. The summed E-state index contributed by atoms with van der Waals surface area (Å²) in [7, 11) is 1.83. The number of ketones is 1. The molecular formula is C26H23NO4. The highest BCUT2D eigenvalue weighted by atomic mass is 16.3. The average molecular weight is 413 g/mol. The van der Waals surface area contributed by atoms with Crippen LogP contribution in [0.15, 0.2) is 89.5 Å². The van der Waals surface area contributed by atoms with E-state index in [-0.39, 0.29) is 17.1 Å². The Hall–Kier alpha value is -4.12. The Morgan fingerprint density at radius 1 is 0.903 bits per heavy atom. The molecule has 0 amide bonds. The summed E-state index contributed by atoms with van der Waals surface area (Å²) < 4.78 is 5.16. The van der Waals surface area contributed by atoms with Gasteiger partial charge in [-0.15, -0.1) is 0 Å². The molecule has 0 radical (unpaired) electrons. The van der Waals surface area contributed by atoms with E-state index in [1.165, 1.54) is 6.07 Å². The van der Waals surface area contributed by atoms with Crippen LogP contribution in [0, 0.1) is 0 Å². The van der Waals surface area contributed by atoms with Crippen LogP contribution in [0.1, 0.15) is 27.6 Å². The van der Waals surface area contributed by atoms with Crippen LogP contribution in [0.5, 0.6) is 5.75 Å². The Morgan fingerprint density at radius 3 is 2.26 bits per heavy atom. The lowest BCUT2D eigenvalue weighted by atomic mass is 10.0. The third kappa shape index (κ3) is 5.28. The fraction of sp³-hybridized carbons (Fsp3) is 0.0769. The summed E-state index contributed by atoms with van der Waals surface area (Å²) in [5.74, 6) is 0.734. The number of aldehydes is 1. The Bertz CT molecular complexity index is 1170. The number of carbonyl (C=O) groups is 2. The van der Waals surface area contributed by atoms with E-state index in [2.05, 4.69) is 17.4 Å². The molecular weight excluding hydrogens is 390 g/mol. The largest absolute Gasteiger partial charge is 0.507 e. The summed E-state index contributed by atoms with van der Waals surface area (Å²) in [5.41, 5.74) is 4.90. The summed E-state index contributed by atoms with van der Waals surface area (Å²) in [6.45, 7) is 1.58. The number of aromatic hydroxyl groups is 1. The van der Waals surface area contributed by atoms with Gasteiger partial charge in [-0.25, -0.2) is 0 Å². The van der Waals surface area contributed by atoms with Gasteiger partial charge in [0.2, 0.25) is 0 Å². The highest BCUT2D eigenvalue weighted by Gasteiger charge is 2.07. The fourth-order valence-corrected chi connectivity index (χ4v) is 3.11. The van der Waals surface area contributed by atoms with E-state index in [0.29, 0.717) is 12.0 Å². The molecule has 31 heavy (non-hydrogen) atoms. The number of hydrogen-bond donors (Lipinski definition) is 2. The quantitative estimate of drug-likeness (QED) is 0.307. The van der Waals surface area contributed by atoms with Crippen molar-refractivity contribution >= 4 is 17.8 Å². The third-order valence-corrected chi connectivity index (χ3v) is 4.74. The van der Waals surface area contributed by atoms with E-state index < -0.39 is 0 Å². The predicted octanol–water partition coefficient (Wildman–Crippen LogP) is 6.06. The van der Waals surface area contributed by atoms with E-state index in [0.717, 1.165) is 27.9 Å². The summed E-state index contributed by atoms with van der Waals surface area (Å²) in [5, 5.41) is 12.3. The SMILES string of the molecule is CNc1cc(-c2ccccc2)ccc1C(C)=O.O=Cc1cc(-c2ccco2)ccc1O. The van der Waals surface area contributed by atoms with Gasteiger partial charge in [0, 0.05) is 23.9 Å². The zero-order valence-electron chi connectivity index (χ0n) is 17.3. The van der Waals surface area contributed by atoms with E-state index in [1.807, 2.05) is 43.4 Å². The van der Waals surface area contributed by atoms with Crippen LogP contribution in [0.4, 0.5) is 5.69 Å². The molecule has 0 saturated heterocycles. The number of phenolic OH excluding ortho intramolecular Hbond substituents is 1. The molecule has 3 aromatic carbocycles. The zero-order chi connectivity index (χ0) is 22.2. The van der Waals surface area contributed by atoms with Gasteiger partial charge >= 0.3 is 0 Å². The Morgan fingerprint density at radius 2 is 1.65 bits per heavy atom. The molecule has 4 aromatic rings. The molecule has 0 atom stereocenters. The molecule has 0 saturated carbocycles. The second kappa shape index (κ2) is 10.1. The van der Waals surface area contributed by atoms with Crippen molar-refractivity contribution in [3.05, 3.63) is 96.3 Å². The zero-order valence-corrected chi connectivity index (χ0v) is 17.3. The number of benzene rings is 3. The van der Waals surface area contributed by atoms with Crippen molar-refractivity contribution in [1.29, 1.82) is 0 Å². The van der Waals surface area contributed by atoms with Crippen LogP contribution in [-0.2, 0) is 0 Å². The van der Waals surface area contributed by atoms with Crippen LogP contribution in [0.25, 0.3) is 22.5 Å². The summed E-state index contributed by atoms with van der Waals surface area (Å²) in [6, 6.07) is 24.3. The third-order valence-electron chi connectivity index (χ3n) is 4.74. The van der Waals surface area contributed by atoms with Gasteiger partial charge in [0.1, 0.15) is 11.5 Å². The second-order valence-electron chi connectivity index (χ2n) is 6.80. The lowest BCUT2D eigenvalue weighted by Gasteiger charge is -2.09. The van der Waals surface area contributed by atoms with Gasteiger partial charge < -0.3 is 14.8 Å². The molecule has 0 aliphatic heterocycles. The highest BCUT2D eigenvalue weighted by molar-refractivity contribution is 6.00. The number of Topliss-reactive ketones (excluding diaryl/α,β-unsaturated/α-hetero) is 1. The molecule has 156 valence electrons. The number of nitrogens with one attached hydrogen (secondary N) is 1. The van der Waals surface area contributed by atoms with Crippen LogP contribution < -0.4 is 5.32 Å². The Balaban J connectivity index is 0.000000179. The van der Waals surface area contributed by atoms with E-state index >= 15 is 0 Å². The normalized spacial score (nSPS) is 10.0. The molecule has 2 N–H and O–H groups in total. The van der Waals surface area contributed by atoms with Gasteiger partial charge in [0.15, 0.2) is 12.1 Å². The fourth-order valence-electron chi connectivity index (χ4n) is 3.11. The maximum atomic E-state index is 11.4. The Labute approximate surface area is 181 Å². The molecule has 0 aliphatic carbocycles. The maximum absolute atomic E-state index is 11.4. The number of rotatable bonds is 5. The molecule has 0 fully saturated rings. The van der Waals surface area contributed by atoms with Gasteiger partial charge in [-0.1, -0.05) is 36.4 Å². The van der Waals surface area contributed by atoms with Gasteiger partial charge in [-0.2, -0.15) is 0 Å². The molecule has 4 rings (SSSR count). The van der Waals surface area contributed by atoms with Crippen molar-refractivity contribution in [1.82, 2.24) is 0 Å². The minimum absolute atomic E-state index is 0.0182. The number of hydrogen-bond acceptors (Lipinski definition) is 5. The van der Waals surface area contributed by atoms with Crippen molar-refractivity contribution in [3.8, 4) is 28.2 Å². The van der Waals surface area contributed by atoms with Gasteiger partial charge in [0.05, 0.1) is 11.8 Å². The van der Waals surface area contributed by atoms with Crippen LogP contribution in [0.2, 0.25) is 0 Å². The summed E-state index contributed by atoms with van der Waals surface area (Å²) in [4.78, 5) is 22.0. The van der Waals surface area contributed by atoms with E-state index in [9.17, 15) is 14.7 Å². The van der Waals surface area contributed by atoms with E-state index in [4.69, 9.17) is 4.42 Å². The van der Waals surface area contributed by atoms with Crippen molar-refractivity contribution in [2.45, 2.75) is 6.92 Å². The van der Waals surface area contributed by atoms with Crippen LogP contribution in [0.3, 0.4) is 0 Å². The first kappa shape index (κ1) is 21.6. The van der Waals surface area contributed by atoms with Crippen molar-refractivity contribution in [2.24, 2.45) is 0 Å². The minimum atomic E-state index is -0.0182. The first-order valence-corrected chi connectivity index (χ1v) is 9.73. The lowest BCUT2D eigenvalue weighted by molar-refractivity contribution is 0.101. The molecule has 5 nitrogen and oxygen atoms in total. The molecule has 0 bridgehead atoms. The van der Waals surface area contributed by atoms with Crippen LogP contribution >= 0.6 is 0 Å². The number of anilines is 1. The van der Waals surface area contributed by atoms with Gasteiger partial charge in [-0.05, 0) is 60.5 Å². The van der Waals surface area contributed by atoms with Crippen molar-refractivity contribution < 1.29 is 19.1 Å². The molecule has 5 heteroatoms. The minimum Gasteiger partial charge on any atom is -0.507 e. The topological polar surface area (TPSA) is 79.5 Å². The highest BCUT2D eigenvalue weighted by Crippen LogP contribution is 2.26. The van der Waals surface area contributed by atoms with Gasteiger partial charge in [-0.3, -0.25) is 9.59 Å². The molecule has 0 spiro atoms. The predicted molar refractivity (Wildman–Crippen MR) is 123 cm³/mol. The van der Waals surface area contributed by atoms with Crippen molar-refractivity contribution in [2.75, 3.05) is 12.4 Å². The smallest absolute Gasteiger partial charge is 0.161 e. The molecule has 0 aliphatic rings. The molecule has 1 aromatic heterocycles. The number of furan rings is 1. The first-order chi connectivity index (χ1) is 15.0. The number of carbonyl (C=O) groups excluding carboxylic acids is 2. The Kier molecular flexibility index (Phi) is 7.01. The summed E-state index contributed by atoms with van der Waals surface area (Å²) >= 11 is 0. The standard InChI is InChI=1S/C15H15NO.C11H8O3/c1-11(17)14-9-8-13(10-15(14)16-2)12-6-4-3-5-7-12;12-7-9-6-8(3-4-10(9)13)11-2-1-5-14-11/h3-10,16H,1-2H3;1-7,13H. The average Bonchev–Trinajstić information content (AvgIpc) is 3.35. The summed E-state index contributed by atoms with van der Waals surface area (Å²) in [6.07, 6.45) is 2.17. The molecule has 1 heterocycles. The number of phenols is 1. The van der Waals surface area contributed by atoms with E-state index in [1.54, 1.807) is 37.5 Å².